The zero-order valence-corrected chi connectivity index (χ0v) is 14.3. The van der Waals surface area contributed by atoms with Gasteiger partial charge in [0, 0.05) is 10.6 Å². The standard InChI is InChI=1S/C19H29NS/c1-14(2)11-20-12-16-7-5-6-15(16)10-17-13-21-19-9-4-3-8-18(17)19/h3-4,8-9,14-17,20H,5-7,10-13H2,1-2H3. The molecule has 1 aliphatic heterocycles. The van der Waals surface area contributed by atoms with E-state index < -0.39 is 0 Å². The minimum Gasteiger partial charge on any atom is -0.316 e. The molecule has 1 aromatic carbocycles. The third-order valence-corrected chi connectivity index (χ3v) is 6.41. The van der Waals surface area contributed by atoms with Crippen molar-refractivity contribution in [1.29, 1.82) is 0 Å². The number of benzene rings is 1. The molecule has 3 rings (SSSR count). The van der Waals surface area contributed by atoms with Gasteiger partial charge in [0.25, 0.3) is 0 Å². The molecule has 3 unspecified atom stereocenters. The molecule has 0 spiro atoms. The fraction of sp³-hybridized carbons (Fsp3) is 0.684. The van der Waals surface area contributed by atoms with Crippen molar-refractivity contribution in [3.8, 4) is 0 Å². The van der Waals surface area contributed by atoms with Gasteiger partial charge < -0.3 is 5.32 Å². The van der Waals surface area contributed by atoms with Crippen LogP contribution >= 0.6 is 11.8 Å². The van der Waals surface area contributed by atoms with Gasteiger partial charge in [-0.1, -0.05) is 44.9 Å². The first-order valence-electron chi connectivity index (χ1n) is 8.66. The van der Waals surface area contributed by atoms with Crippen LogP contribution in [0.1, 0.15) is 51.0 Å². The lowest BCUT2D eigenvalue weighted by atomic mass is 9.84. The first-order chi connectivity index (χ1) is 10.2. The van der Waals surface area contributed by atoms with Crippen molar-refractivity contribution in [3.05, 3.63) is 29.8 Å². The van der Waals surface area contributed by atoms with E-state index in [2.05, 4.69) is 55.2 Å². The van der Waals surface area contributed by atoms with Crippen LogP contribution in [-0.4, -0.2) is 18.8 Å². The Morgan fingerprint density at radius 3 is 2.86 bits per heavy atom. The van der Waals surface area contributed by atoms with Gasteiger partial charge in [-0.3, -0.25) is 0 Å². The van der Waals surface area contributed by atoms with E-state index in [0.717, 1.165) is 23.7 Å². The van der Waals surface area contributed by atoms with Crippen molar-refractivity contribution < 1.29 is 0 Å². The minimum atomic E-state index is 0.767. The topological polar surface area (TPSA) is 12.0 Å². The highest BCUT2D eigenvalue weighted by Crippen LogP contribution is 2.46. The zero-order valence-electron chi connectivity index (χ0n) is 13.5. The summed E-state index contributed by atoms with van der Waals surface area (Å²) < 4.78 is 0. The molecule has 21 heavy (non-hydrogen) atoms. The fourth-order valence-electron chi connectivity index (χ4n) is 4.04. The van der Waals surface area contributed by atoms with Crippen molar-refractivity contribution in [2.24, 2.45) is 17.8 Å². The zero-order chi connectivity index (χ0) is 14.7. The predicted molar refractivity (Wildman–Crippen MR) is 93.1 cm³/mol. The monoisotopic (exact) mass is 303 g/mol. The van der Waals surface area contributed by atoms with Crippen LogP contribution in [0, 0.1) is 17.8 Å². The minimum absolute atomic E-state index is 0.767. The predicted octanol–water partition coefficient (Wildman–Crippen LogP) is 4.93. The summed E-state index contributed by atoms with van der Waals surface area (Å²) in [5.41, 5.74) is 1.63. The van der Waals surface area contributed by atoms with Gasteiger partial charge in [0.05, 0.1) is 0 Å². The second-order valence-corrected chi connectivity index (χ2v) is 8.35. The molecule has 3 atom stereocenters. The van der Waals surface area contributed by atoms with E-state index in [9.17, 15) is 0 Å². The van der Waals surface area contributed by atoms with Gasteiger partial charge in [-0.2, -0.15) is 0 Å². The van der Waals surface area contributed by atoms with Crippen LogP contribution < -0.4 is 5.32 Å². The molecule has 2 aliphatic rings. The van der Waals surface area contributed by atoms with Crippen LogP contribution in [0.4, 0.5) is 0 Å². The molecular formula is C19H29NS. The molecule has 0 radical (unpaired) electrons. The molecule has 1 heterocycles. The normalized spacial score (nSPS) is 28.2. The van der Waals surface area contributed by atoms with E-state index in [0.29, 0.717) is 0 Å². The maximum Gasteiger partial charge on any atom is 0.0107 e. The molecular weight excluding hydrogens is 274 g/mol. The Morgan fingerprint density at radius 1 is 1.19 bits per heavy atom. The average Bonchev–Trinajstić information content (AvgIpc) is 3.07. The van der Waals surface area contributed by atoms with Crippen LogP contribution in [0.3, 0.4) is 0 Å². The average molecular weight is 304 g/mol. The Morgan fingerprint density at radius 2 is 2.00 bits per heavy atom. The molecule has 1 N–H and O–H groups in total. The maximum atomic E-state index is 3.70. The summed E-state index contributed by atoms with van der Waals surface area (Å²) in [6.07, 6.45) is 5.76. The third-order valence-electron chi connectivity index (χ3n) is 5.16. The summed E-state index contributed by atoms with van der Waals surface area (Å²) in [5.74, 6) is 4.75. The smallest absolute Gasteiger partial charge is 0.0107 e. The highest BCUT2D eigenvalue weighted by atomic mass is 32.2. The molecule has 1 aliphatic carbocycles. The van der Waals surface area contributed by atoms with Crippen molar-refractivity contribution in [2.45, 2.75) is 50.3 Å². The van der Waals surface area contributed by atoms with Crippen LogP contribution in [0.5, 0.6) is 0 Å². The van der Waals surface area contributed by atoms with Gasteiger partial charge in [-0.15, -0.1) is 11.8 Å². The lowest BCUT2D eigenvalue weighted by molar-refractivity contribution is 0.327. The Hall–Kier alpha value is -0.470. The molecule has 2 heteroatoms. The lowest BCUT2D eigenvalue weighted by Crippen LogP contribution is -2.28. The van der Waals surface area contributed by atoms with E-state index in [1.807, 2.05) is 0 Å². The third kappa shape index (κ3) is 3.84. The van der Waals surface area contributed by atoms with Gasteiger partial charge in [-0.05, 0) is 61.2 Å². The number of nitrogens with one attached hydrogen (secondary N) is 1. The van der Waals surface area contributed by atoms with E-state index in [1.165, 1.54) is 49.4 Å². The molecule has 0 saturated heterocycles. The van der Waals surface area contributed by atoms with E-state index in [1.54, 1.807) is 5.56 Å². The van der Waals surface area contributed by atoms with Crippen LogP contribution in [0.2, 0.25) is 0 Å². The first-order valence-corrected chi connectivity index (χ1v) is 9.65. The maximum absolute atomic E-state index is 3.70. The highest BCUT2D eigenvalue weighted by molar-refractivity contribution is 7.99. The molecule has 0 bridgehead atoms. The van der Waals surface area contributed by atoms with Gasteiger partial charge in [0.1, 0.15) is 0 Å². The summed E-state index contributed by atoms with van der Waals surface area (Å²) in [5, 5.41) is 3.70. The summed E-state index contributed by atoms with van der Waals surface area (Å²) in [6, 6.07) is 9.06. The van der Waals surface area contributed by atoms with Crippen molar-refractivity contribution in [3.63, 3.8) is 0 Å². The quantitative estimate of drug-likeness (QED) is 0.800. The van der Waals surface area contributed by atoms with E-state index >= 15 is 0 Å². The van der Waals surface area contributed by atoms with Gasteiger partial charge in [0.2, 0.25) is 0 Å². The summed E-state index contributed by atoms with van der Waals surface area (Å²) in [4.78, 5) is 1.54. The fourth-order valence-corrected chi connectivity index (χ4v) is 5.31. The molecule has 116 valence electrons. The van der Waals surface area contributed by atoms with E-state index in [4.69, 9.17) is 0 Å². The van der Waals surface area contributed by atoms with Gasteiger partial charge in [-0.25, -0.2) is 0 Å². The van der Waals surface area contributed by atoms with Crippen molar-refractivity contribution in [2.75, 3.05) is 18.8 Å². The highest BCUT2D eigenvalue weighted by Gasteiger charge is 2.32. The van der Waals surface area contributed by atoms with Gasteiger partial charge in [0.15, 0.2) is 0 Å². The Balaban J connectivity index is 1.55. The summed E-state index contributed by atoms with van der Waals surface area (Å²) in [7, 11) is 0. The Bertz CT molecular complexity index is 457. The number of rotatable bonds is 6. The molecule has 1 aromatic rings. The summed E-state index contributed by atoms with van der Waals surface area (Å²) in [6.45, 7) is 7.01. The van der Waals surface area contributed by atoms with Crippen LogP contribution in [0.25, 0.3) is 0 Å². The molecule has 0 aromatic heterocycles. The number of hydrogen-bond acceptors (Lipinski definition) is 2. The largest absolute Gasteiger partial charge is 0.316 e. The summed E-state index contributed by atoms with van der Waals surface area (Å²) >= 11 is 2.07. The molecule has 1 saturated carbocycles. The number of hydrogen-bond donors (Lipinski definition) is 1. The van der Waals surface area contributed by atoms with Gasteiger partial charge >= 0.3 is 0 Å². The SMILES string of the molecule is CC(C)CNCC1CCCC1CC1CSc2ccccc21. The lowest BCUT2D eigenvalue weighted by Gasteiger charge is -2.23. The molecule has 1 fully saturated rings. The van der Waals surface area contributed by atoms with E-state index in [-0.39, 0.29) is 0 Å². The van der Waals surface area contributed by atoms with Crippen LogP contribution in [0.15, 0.2) is 29.2 Å². The Labute approximate surface area is 134 Å². The Kier molecular flexibility index (Phi) is 5.29. The van der Waals surface area contributed by atoms with Crippen molar-refractivity contribution >= 4 is 11.8 Å². The molecule has 1 nitrogen and oxygen atoms in total. The number of fused-ring (bicyclic) bond motifs is 1. The van der Waals surface area contributed by atoms with Crippen LogP contribution in [-0.2, 0) is 0 Å². The first kappa shape index (κ1) is 15.4. The number of thioether (sulfide) groups is 1. The second kappa shape index (κ2) is 7.19. The molecule has 0 amide bonds. The second-order valence-electron chi connectivity index (χ2n) is 7.28. The van der Waals surface area contributed by atoms with Crippen molar-refractivity contribution in [1.82, 2.24) is 5.32 Å².